The molecule has 13 rings (SSSR count). The fourth-order valence-electron chi connectivity index (χ4n) is 9.95. The van der Waals surface area contributed by atoms with Crippen LogP contribution in [-0.4, -0.2) is 0 Å². The lowest BCUT2D eigenvalue weighted by Crippen LogP contribution is -2.10. The average Bonchev–Trinajstić information content (AvgIpc) is 3.95. The number of nitrogens with zero attached hydrogens (tertiary/aromatic N) is 1. The van der Waals surface area contributed by atoms with E-state index < -0.39 is 0 Å². The van der Waals surface area contributed by atoms with E-state index in [1.165, 1.54) is 64.3 Å². The highest BCUT2D eigenvalue weighted by molar-refractivity contribution is 7.26. The van der Waals surface area contributed by atoms with Gasteiger partial charge >= 0.3 is 0 Å². The molecule has 0 amide bonds. The number of hydrogen-bond acceptors (Lipinski definition) is 3. The van der Waals surface area contributed by atoms with Gasteiger partial charge in [0, 0.05) is 42.7 Å². The lowest BCUT2D eigenvalue weighted by Gasteiger charge is -2.28. The molecule has 11 aromatic carbocycles. The third-order valence-corrected chi connectivity index (χ3v) is 14.3. The summed E-state index contributed by atoms with van der Waals surface area (Å²) in [7, 11) is 0. The predicted molar refractivity (Wildman–Crippen MR) is 278 cm³/mol. The summed E-state index contributed by atoms with van der Waals surface area (Å²) in [5.74, 6) is 0. The fourth-order valence-corrected chi connectivity index (χ4v) is 11.2. The lowest BCUT2D eigenvalue weighted by atomic mass is 9.89. The summed E-state index contributed by atoms with van der Waals surface area (Å²) in [6, 6.07) is 85.9. The Hall–Kier alpha value is -8.24. The zero-order valence-electron chi connectivity index (χ0n) is 35.3. The van der Waals surface area contributed by atoms with Gasteiger partial charge in [-0.05, 0) is 97.7 Å². The van der Waals surface area contributed by atoms with Crippen molar-refractivity contribution in [1.82, 2.24) is 0 Å². The Morgan fingerprint density at radius 2 is 0.892 bits per heavy atom. The molecule has 3 heteroatoms. The second-order valence-electron chi connectivity index (χ2n) is 16.8. The van der Waals surface area contributed by atoms with Crippen molar-refractivity contribution in [2.75, 3.05) is 4.90 Å². The van der Waals surface area contributed by atoms with E-state index in [0.717, 1.165) is 60.9 Å². The van der Waals surface area contributed by atoms with Crippen LogP contribution in [0.25, 0.3) is 108 Å². The molecule has 0 fully saturated rings. The molecule has 65 heavy (non-hydrogen) atoms. The largest absolute Gasteiger partial charge is 0.455 e. The highest BCUT2D eigenvalue weighted by Gasteiger charge is 2.24. The molecule has 0 saturated carbocycles. The molecule has 0 unspecified atom stereocenters. The van der Waals surface area contributed by atoms with E-state index in [1.54, 1.807) is 0 Å². The van der Waals surface area contributed by atoms with Gasteiger partial charge in [0.2, 0.25) is 0 Å². The minimum atomic E-state index is 0.860. The van der Waals surface area contributed by atoms with Gasteiger partial charge in [0.25, 0.3) is 0 Å². The van der Waals surface area contributed by atoms with Crippen LogP contribution in [0.2, 0.25) is 0 Å². The first-order chi connectivity index (χ1) is 32.2. The molecule has 0 N–H and O–H groups in total. The second kappa shape index (κ2) is 15.2. The molecule has 0 aliphatic rings. The molecule has 0 saturated heterocycles. The fraction of sp³-hybridized carbons (Fsp3) is 0. The van der Waals surface area contributed by atoms with Crippen LogP contribution in [0.15, 0.2) is 241 Å². The number of furan rings is 1. The van der Waals surface area contributed by atoms with Crippen LogP contribution in [0, 0.1) is 0 Å². The first-order valence-corrected chi connectivity index (χ1v) is 23.0. The summed E-state index contributed by atoms with van der Waals surface area (Å²) >= 11 is 1.86. The summed E-state index contributed by atoms with van der Waals surface area (Å²) in [6.45, 7) is 0. The van der Waals surface area contributed by atoms with Crippen LogP contribution in [0.3, 0.4) is 0 Å². The summed E-state index contributed by atoms with van der Waals surface area (Å²) in [4.78, 5) is 2.47. The molecule has 304 valence electrons. The van der Waals surface area contributed by atoms with Gasteiger partial charge in [0.05, 0.1) is 16.1 Å². The molecule has 0 radical (unpaired) electrons. The van der Waals surface area contributed by atoms with Gasteiger partial charge in [-0.1, -0.05) is 194 Å². The van der Waals surface area contributed by atoms with E-state index in [-0.39, 0.29) is 0 Å². The van der Waals surface area contributed by atoms with Crippen molar-refractivity contribution in [3.8, 4) is 44.5 Å². The van der Waals surface area contributed by atoms with E-state index in [1.807, 2.05) is 11.3 Å². The van der Waals surface area contributed by atoms with E-state index in [2.05, 4.69) is 241 Å². The van der Waals surface area contributed by atoms with Crippen molar-refractivity contribution in [1.29, 1.82) is 0 Å². The normalized spacial score (nSPS) is 11.7. The lowest BCUT2D eigenvalue weighted by molar-refractivity contribution is 0.673. The van der Waals surface area contributed by atoms with Crippen molar-refractivity contribution < 1.29 is 4.42 Å². The molecule has 0 aliphatic heterocycles. The number of fused-ring (bicyclic) bond motifs is 9. The number of rotatable bonds is 7. The maximum atomic E-state index is 7.10. The summed E-state index contributed by atoms with van der Waals surface area (Å²) in [6.07, 6.45) is 0. The van der Waals surface area contributed by atoms with Crippen molar-refractivity contribution in [3.63, 3.8) is 0 Å². The van der Waals surface area contributed by atoms with Gasteiger partial charge in [-0.3, -0.25) is 0 Å². The number of benzene rings is 11. The van der Waals surface area contributed by atoms with Crippen LogP contribution < -0.4 is 4.90 Å². The maximum absolute atomic E-state index is 7.10. The van der Waals surface area contributed by atoms with Crippen molar-refractivity contribution in [2.45, 2.75) is 0 Å². The quantitative estimate of drug-likeness (QED) is 0.159. The third kappa shape index (κ3) is 6.24. The van der Waals surface area contributed by atoms with Crippen molar-refractivity contribution >= 4 is 92.1 Å². The second-order valence-corrected chi connectivity index (χ2v) is 17.8. The van der Waals surface area contributed by atoms with Crippen LogP contribution in [0.4, 0.5) is 17.1 Å². The minimum Gasteiger partial charge on any atom is -0.455 e. The molecule has 13 aromatic rings. The SMILES string of the molecule is c1ccc(-c2ccc(-c3cc4oc5c6ccccc6c(N(c6ccc(-c7ccccc7)cc6)c6cccc7c6sc6ccccc67)cc5c4cc3-c3cccc4ccccc34)cc2)cc1. The average molecular weight is 846 g/mol. The van der Waals surface area contributed by atoms with Gasteiger partial charge in [0.15, 0.2) is 0 Å². The molecular weight excluding hydrogens is 807 g/mol. The number of anilines is 3. The van der Waals surface area contributed by atoms with Gasteiger partial charge < -0.3 is 9.32 Å². The molecule has 2 aromatic heterocycles. The number of thiophene rings is 1. The molecule has 2 nitrogen and oxygen atoms in total. The molecule has 0 atom stereocenters. The number of hydrogen-bond donors (Lipinski definition) is 0. The van der Waals surface area contributed by atoms with Crippen LogP contribution in [0.1, 0.15) is 0 Å². The van der Waals surface area contributed by atoms with Crippen LogP contribution in [-0.2, 0) is 0 Å². The Morgan fingerprint density at radius 3 is 1.65 bits per heavy atom. The van der Waals surface area contributed by atoms with E-state index in [9.17, 15) is 0 Å². The summed E-state index contributed by atoms with van der Waals surface area (Å²) in [5, 5.41) is 9.33. The first kappa shape index (κ1) is 37.3. The monoisotopic (exact) mass is 845 g/mol. The molecule has 2 heterocycles. The van der Waals surface area contributed by atoms with E-state index in [0.29, 0.717) is 0 Å². The third-order valence-electron chi connectivity index (χ3n) is 13.1. The Balaban J connectivity index is 1.08. The predicted octanol–water partition coefficient (Wildman–Crippen LogP) is 18.4. The smallest absolute Gasteiger partial charge is 0.143 e. The molecule has 0 bridgehead atoms. The highest BCUT2D eigenvalue weighted by atomic mass is 32.1. The zero-order valence-corrected chi connectivity index (χ0v) is 36.1. The van der Waals surface area contributed by atoms with Crippen molar-refractivity contribution in [3.05, 3.63) is 237 Å². The first-order valence-electron chi connectivity index (χ1n) is 22.2. The van der Waals surface area contributed by atoms with E-state index in [4.69, 9.17) is 4.42 Å². The van der Waals surface area contributed by atoms with Gasteiger partial charge in [-0.2, -0.15) is 0 Å². The summed E-state index contributed by atoms with van der Waals surface area (Å²) < 4.78 is 9.64. The standard InChI is InChI=1S/C62H39NOS/c1-3-15-40(16-4-1)42-29-31-45(32-30-42)53-39-59-55(37-54(53)48-25-13-20-44-19-7-8-21-47(44)48)56-38-58(49-22-9-10-24-51(49)61(56)64-59)63(46-35-33-43(34-36-46)41-17-5-2-6-18-41)57-27-14-26-52-50-23-11-12-28-60(50)65-62(52)57/h1-39H. The molecular formula is C62H39NOS. The van der Waals surface area contributed by atoms with Crippen molar-refractivity contribution in [2.24, 2.45) is 0 Å². The Labute approximate surface area is 380 Å². The summed E-state index contributed by atoms with van der Waals surface area (Å²) in [5.41, 5.74) is 14.5. The Morgan fingerprint density at radius 1 is 0.323 bits per heavy atom. The van der Waals surface area contributed by atoms with Gasteiger partial charge in [0.1, 0.15) is 11.2 Å². The zero-order chi connectivity index (χ0) is 42.8. The minimum absolute atomic E-state index is 0.860. The Kier molecular flexibility index (Phi) is 8.75. The van der Waals surface area contributed by atoms with E-state index >= 15 is 0 Å². The molecule has 0 spiro atoms. The van der Waals surface area contributed by atoms with Crippen LogP contribution >= 0.6 is 11.3 Å². The van der Waals surface area contributed by atoms with Gasteiger partial charge in [-0.25, -0.2) is 0 Å². The topological polar surface area (TPSA) is 16.4 Å². The Bertz CT molecular complexity index is 3920. The molecule has 0 aliphatic carbocycles. The maximum Gasteiger partial charge on any atom is 0.143 e. The highest BCUT2D eigenvalue weighted by Crippen LogP contribution is 2.50. The van der Waals surface area contributed by atoms with Gasteiger partial charge in [-0.15, -0.1) is 11.3 Å². The van der Waals surface area contributed by atoms with Crippen LogP contribution in [0.5, 0.6) is 0 Å².